The molecule has 6 heteroatoms. The van der Waals surface area contributed by atoms with Crippen LogP contribution in [0.5, 0.6) is 0 Å². The van der Waals surface area contributed by atoms with Crippen LogP contribution in [0, 0.1) is 0 Å². The molecule has 3 amide bonds. The van der Waals surface area contributed by atoms with Crippen LogP contribution in [0.4, 0.5) is 16.2 Å². The zero-order valence-corrected chi connectivity index (χ0v) is 13.5. The monoisotopic (exact) mass is 331 g/mol. The number of imide groups is 1. The Labute approximate surface area is 140 Å². The van der Waals surface area contributed by atoms with E-state index in [-0.39, 0.29) is 5.91 Å². The number of nitrogens with two attached hydrogens (primary N) is 1. The number of carbonyl (C=O) groups excluding carboxylic acids is 2. The normalized spacial score (nSPS) is 10.2. The SMILES string of the molecule is CC(=O)N(C(=O)NCCc1ccccc1Cl)c1cccc(N)c1. The quantitative estimate of drug-likeness (QED) is 0.844. The van der Waals surface area contributed by atoms with Gasteiger partial charge in [0, 0.05) is 24.2 Å². The lowest BCUT2D eigenvalue weighted by Gasteiger charge is -2.20. The molecule has 0 unspecified atom stereocenters. The van der Waals surface area contributed by atoms with E-state index in [1.807, 2.05) is 18.2 Å². The summed E-state index contributed by atoms with van der Waals surface area (Å²) in [4.78, 5) is 25.1. The van der Waals surface area contributed by atoms with Gasteiger partial charge in [-0.1, -0.05) is 35.9 Å². The smallest absolute Gasteiger partial charge is 0.328 e. The van der Waals surface area contributed by atoms with Crippen molar-refractivity contribution >= 4 is 34.9 Å². The highest BCUT2D eigenvalue weighted by atomic mass is 35.5. The van der Waals surface area contributed by atoms with Crippen molar-refractivity contribution in [2.75, 3.05) is 17.2 Å². The number of carbonyl (C=O) groups is 2. The van der Waals surface area contributed by atoms with Crippen LogP contribution < -0.4 is 16.0 Å². The van der Waals surface area contributed by atoms with E-state index in [0.717, 1.165) is 10.5 Å². The Balaban J connectivity index is 2.02. The molecule has 0 saturated carbocycles. The fourth-order valence-corrected chi connectivity index (χ4v) is 2.42. The molecule has 0 heterocycles. The zero-order chi connectivity index (χ0) is 16.8. The average molecular weight is 332 g/mol. The minimum atomic E-state index is -0.491. The summed E-state index contributed by atoms with van der Waals surface area (Å²) in [5.74, 6) is -0.383. The van der Waals surface area contributed by atoms with Gasteiger partial charge < -0.3 is 11.1 Å². The molecular formula is C17H18ClN3O2. The minimum absolute atomic E-state index is 0.370. The third-order valence-electron chi connectivity index (χ3n) is 3.27. The van der Waals surface area contributed by atoms with Crippen LogP contribution in [-0.2, 0) is 11.2 Å². The topological polar surface area (TPSA) is 75.4 Å². The largest absolute Gasteiger partial charge is 0.399 e. The molecular weight excluding hydrogens is 314 g/mol. The van der Waals surface area contributed by atoms with Gasteiger partial charge in [0.2, 0.25) is 5.91 Å². The summed E-state index contributed by atoms with van der Waals surface area (Å²) in [6.07, 6.45) is 0.577. The number of anilines is 2. The molecule has 0 spiro atoms. The molecule has 0 aliphatic heterocycles. The molecule has 0 aliphatic carbocycles. The van der Waals surface area contributed by atoms with E-state index in [0.29, 0.717) is 29.4 Å². The number of urea groups is 1. The molecule has 0 radical (unpaired) electrons. The maximum Gasteiger partial charge on any atom is 0.328 e. The average Bonchev–Trinajstić information content (AvgIpc) is 2.49. The molecule has 0 saturated heterocycles. The molecule has 5 nitrogen and oxygen atoms in total. The Bertz CT molecular complexity index is 718. The van der Waals surface area contributed by atoms with Crippen molar-refractivity contribution in [3.63, 3.8) is 0 Å². The molecule has 23 heavy (non-hydrogen) atoms. The Morgan fingerprint density at radius 1 is 1.17 bits per heavy atom. The predicted molar refractivity (Wildman–Crippen MR) is 92.6 cm³/mol. The van der Waals surface area contributed by atoms with Gasteiger partial charge >= 0.3 is 6.03 Å². The summed E-state index contributed by atoms with van der Waals surface area (Å²) in [6, 6.07) is 13.6. The van der Waals surface area contributed by atoms with Gasteiger partial charge in [0.25, 0.3) is 0 Å². The summed E-state index contributed by atoms with van der Waals surface area (Å²) in [5.41, 5.74) is 7.56. The van der Waals surface area contributed by atoms with E-state index >= 15 is 0 Å². The second kappa shape index (κ2) is 7.65. The Morgan fingerprint density at radius 2 is 1.91 bits per heavy atom. The van der Waals surface area contributed by atoms with Crippen LogP contribution in [0.3, 0.4) is 0 Å². The van der Waals surface area contributed by atoms with E-state index in [4.69, 9.17) is 17.3 Å². The van der Waals surface area contributed by atoms with Gasteiger partial charge in [-0.15, -0.1) is 0 Å². The van der Waals surface area contributed by atoms with Crippen LogP contribution in [-0.4, -0.2) is 18.5 Å². The minimum Gasteiger partial charge on any atom is -0.399 e. The third kappa shape index (κ3) is 4.47. The molecule has 0 fully saturated rings. The van der Waals surface area contributed by atoms with Crippen molar-refractivity contribution in [3.8, 4) is 0 Å². The highest BCUT2D eigenvalue weighted by Crippen LogP contribution is 2.18. The maximum atomic E-state index is 12.3. The van der Waals surface area contributed by atoms with Gasteiger partial charge in [0.05, 0.1) is 5.69 Å². The number of rotatable bonds is 4. The van der Waals surface area contributed by atoms with Crippen molar-refractivity contribution in [2.45, 2.75) is 13.3 Å². The van der Waals surface area contributed by atoms with Crippen molar-refractivity contribution in [1.29, 1.82) is 0 Å². The molecule has 120 valence electrons. The number of halogens is 1. The van der Waals surface area contributed by atoms with Crippen LogP contribution in [0.15, 0.2) is 48.5 Å². The van der Waals surface area contributed by atoms with E-state index in [1.165, 1.54) is 6.92 Å². The van der Waals surface area contributed by atoms with E-state index < -0.39 is 6.03 Å². The highest BCUT2D eigenvalue weighted by molar-refractivity contribution is 6.31. The molecule has 2 aromatic rings. The summed E-state index contributed by atoms with van der Waals surface area (Å²) in [6.45, 7) is 1.70. The number of hydrogen-bond donors (Lipinski definition) is 2. The van der Waals surface area contributed by atoms with Crippen molar-refractivity contribution < 1.29 is 9.59 Å². The van der Waals surface area contributed by atoms with Crippen LogP contribution in [0.1, 0.15) is 12.5 Å². The van der Waals surface area contributed by atoms with Crippen LogP contribution in [0.25, 0.3) is 0 Å². The van der Waals surface area contributed by atoms with Gasteiger partial charge in [-0.25, -0.2) is 9.69 Å². The third-order valence-corrected chi connectivity index (χ3v) is 3.64. The number of benzene rings is 2. The number of nitrogens with one attached hydrogen (secondary N) is 1. The van der Waals surface area contributed by atoms with Crippen molar-refractivity contribution in [1.82, 2.24) is 5.32 Å². The number of nitrogens with zero attached hydrogens (tertiary/aromatic N) is 1. The Kier molecular flexibility index (Phi) is 5.60. The molecule has 0 bridgehead atoms. The van der Waals surface area contributed by atoms with Crippen LogP contribution in [0.2, 0.25) is 5.02 Å². The van der Waals surface area contributed by atoms with Gasteiger partial charge in [-0.2, -0.15) is 0 Å². The summed E-state index contributed by atoms with van der Waals surface area (Å²) < 4.78 is 0. The van der Waals surface area contributed by atoms with E-state index in [2.05, 4.69) is 5.32 Å². The zero-order valence-electron chi connectivity index (χ0n) is 12.8. The van der Waals surface area contributed by atoms with Gasteiger partial charge in [0.15, 0.2) is 0 Å². The second-order valence-electron chi connectivity index (χ2n) is 5.02. The fraction of sp³-hybridized carbons (Fsp3) is 0.176. The lowest BCUT2D eigenvalue weighted by atomic mass is 10.1. The summed E-state index contributed by atoms with van der Waals surface area (Å²) in [5, 5.41) is 3.38. The first-order valence-electron chi connectivity index (χ1n) is 7.16. The first kappa shape index (κ1) is 16.8. The highest BCUT2D eigenvalue weighted by Gasteiger charge is 2.19. The van der Waals surface area contributed by atoms with E-state index in [1.54, 1.807) is 30.3 Å². The molecule has 3 N–H and O–H groups in total. The maximum absolute atomic E-state index is 12.3. The second-order valence-corrected chi connectivity index (χ2v) is 5.43. The standard InChI is InChI=1S/C17H18ClN3O2/c1-12(22)21(15-7-4-6-14(19)11-15)17(23)20-10-9-13-5-2-3-8-16(13)18/h2-8,11H,9-10,19H2,1H3,(H,20,23). The van der Waals surface area contributed by atoms with Gasteiger partial charge in [0.1, 0.15) is 0 Å². The fourth-order valence-electron chi connectivity index (χ4n) is 2.19. The molecule has 0 atom stereocenters. The summed E-state index contributed by atoms with van der Waals surface area (Å²) in [7, 11) is 0. The van der Waals surface area contributed by atoms with Crippen LogP contribution >= 0.6 is 11.6 Å². The number of amides is 3. The van der Waals surface area contributed by atoms with Gasteiger partial charge in [-0.3, -0.25) is 4.79 Å². The van der Waals surface area contributed by atoms with Crippen molar-refractivity contribution in [2.24, 2.45) is 0 Å². The molecule has 0 aromatic heterocycles. The first-order chi connectivity index (χ1) is 11.0. The first-order valence-corrected chi connectivity index (χ1v) is 7.54. The lowest BCUT2D eigenvalue weighted by Crippen LogP contribution is -2.43. The van der Waals surface area contributed by atoms with Gasteiger partial charge in [-0.05, 0) is 36.2 Å². The molecule has 2 rings (SSSR count). The molecule has 0 aliphatic rings. The lowest BCUT2D eigenvalue weighted by molar-refractivity contribution is -0.115. The summed E-state index contributed by atoms with van der Waals surface area (Å²) >= 11 is 6.07. The Hall–Kier alpha value is -2.53. The predicted octanol–water partition coefficient (Wildman–Crippen LogP) is 3.23. The number of hydrogen-bond acceptors (Lipinski definition) is 3. The van der Waals surface area contributed by atoms with Crippen molar-refractivity contribution in [3.05, 3.63) is 59.1 Å². The number of nitrogen functional groups attached to an aromatic ring is 1. The molecule has 2 aromatic carbocycles. The Morgan fingerprint density at radius 3 is 2.57 bits per heavy atom. The van der Waals surface area contributed by atoms with E-state index in [9.17, 15) is 9.59 Å².